The topological polar surface area (TPSA) is 56.7 Å². The molecule has 11 rings (SSSR count). The van der Waals surface area contributed by atoms with Gasteiger partial charge in [-0.1, -0.05) is 121 Å². The molecule has 0 aliphatic carbocycles. The largest absolute Gasteiger partial charge is 0.456 e. The Bertz CT molecular complexity index is 3190. The standard InChI is InChI=1S/C47H28N4O/c1-2-12-31(13-3-1)45-48-46(33-19-18-29-10-4-5-14-32(29)26-33)50-47(49-45)34-20-23-37-39-28-35(22-25-42(39)52-43(37)27-34)51-40-17-9-8-16-38(40)44-36-15-7-6-11-30(36)21-24-41(44)51/h1-28H. The van der Waals surface area contributed by atoms with Crippen molar-refractivity contribution in [3.63, 3.8) is 0 Å². The second-order valence-electron chi connectivity index (χ2n) is 13.3. The Labute approximate surface area is 298 Å². The van der Waals surface area contributed by atoms with E-state index >= 15 is 0 Å². The number of rotatable bonds is 4. The first-order valence-corrected chi connectivity index (χ1v) is 17.4. The minimum atomic E-state index is 0.595. The second kappa shape index (κ2) is 11.2. The van der Waals surface area contributed by atoms with Gasteiger partial charge in [-0.15, -0.1) is 0 Å². The van der Waals surface area contributed by atoms with Gasteiger partial charge in [0.1, 0.15) is 11.2 Å². The zero-order valence-electron chi connectivity index (χ0n) is 27.9. The van der Waals surface area contributed by atoms with Gasteiger partial charge in [0.15, 0.2) is 17.5 Å². The molecule has 52 heavy (non-hydrogen) atoms. The third-order valence-electron chi connectivity index (χ3n) is 10.2. The third-order valence-corrected chi connectivity index (χ3v) is 10.2. The molecule has 0 saturated heterocycles. The fraction of sp³-hybridized carbons (Fsp3) is 0. The fourth-order valence-electron chi connectivity index (χ4n) is 7.74. The summed E-state index contributed by atoms with van der Waals surface area (Å²) in [7, 11) is 0. The number of hydrogen-bond acceptors (Lipinski definition) is 4. The summed E-state index contributed by atoms with van der Waals surface area (Å²) in [4.78, 5) is 15.0. The Balaban J connectivity index is 1.07. The lowest BCUT2D eigenvalue weighted by molar-refractivity contribution is 0.669. The molecule has 3 heterocycles. The molecule has 0 N–H and O–H groups in total. The normalized spacial score (nSPS) is 11.8. The molecular weight excluding hydrogens is 637 g/mol. The summed E-state index contributed by atoms with van der Waals surface area (Å²) >= 11 is 0. The van der Waals surface area contributed by atoms with Gasteiger partial charge in [-0.2, -0.15) is 0 Å². The smallest absolute Gasteiger partial charge is 0.164 e. The predicted molar refractivity (Wildman–Crippen MR) is 213 cm³/mol. The maximum Gasteiger partial charge on any atom is 0.164 e. The summed E-state index contributed by atoms with van der Waals surface area (Å²) in [6.45, 7) is 0. The van der Waals surface area contributed by atoms with Crippen molar-refractivity contribution in [1.82, 2.24) is 19.5 Å². The van der Waals surface area contributed by atoms with Crippen molar-refractivity contribution in [2.75, 3.05) is 0 Å². The zero-order chi connectivity index (χ0) is 34.2. The minimum Gasteiger partial charge on any atom is -0.456 e. The molecule has 5 heteroatoms. The SMILES string of the molecule is c1ccc(-c2nc(-c3ccc4ccccc4c3)nc(-c3ccc4c(c3)oc3ccc(-n5c6ccccc6c6c7ccccc7ccc65)cc34)n2)cc1. The van der Waals surface area contributed by atoms with E-state index in [1.165, 1.54) is 38.0 Å². The maximum absolute atomic E-state index is 6.52. The highest BCUT2D eigenvalue weighted by Gasteiger charge is 2.18. The number of aromatic nitrogens is 4. The van der Waals surface area contributed by atoms with Gasteiger partial charge in [0, 0.05) is 43.9 Å². The van der Waals surface area contributed by atoms with Crippen LogP contribution in [0.4, 0.5) is 0 Å². The van der Waals surface area contributed by atoms with Crippen molar-refractivity contribution < 1.29 is 4.42 Å². The van der Waals surface area contributed by atoms with Crippen molar-refractivity contribution in [1.29, 1.82) is 0 Å². The number of fused-ring (bicyclic) bond motifs is 9. The molecule has 0 aliphatic heterocycles. The van der Waals surface area contributed by atoms with E-state index in [0.717, 1.165) is 49.7 Å². The first-order valence-electron chi connectivity index (χ1n) is 17.4. The number of benzene rings is 8. The first kappa shape index (κ1) is 28.7. The second-order valence-corrected chi connectivity index (χ2v) is 13.3. The molecule has 3 aromatic heterocycles. The van der Waals surface area contributed by atoms with Gasteiger partial charge in [0.2, 0.25) is 0 Å². The average Bonchev–Trinajstić information content (AvgIpc) is 3.76. The lowest BCUT2D eigenvalue weighted by Gasteiger charge is -2.09. The molecule has 0 spiro atoms. The number of para-hydroxylation sites is 1. The molecule has 8 aromatic carbocycles. The lowest BCUT2D eigenvalue weighted by atomic mass is 10.0. The Morgan fingerprint density at radius 2 is 1.02 bits per heavy atom. The van der Waals surface area contributed by atoms with Crippen LogP contribution in [0.2, 0.25) is 0 Å². The summed E-state index contributed by atoms with van der Waals surface area (Å²) in [6.07, 6.45) is 0. The van der Waals surface area contributed by atoms with Crippen LogP contribution in [0.3, 0.4) is 0 Å². The predicted octanol–water partition coefficient (Wildman–Crippen LogP) is 12.2. The van der Waals surface area contributed by atoms with Crippen LogP contribution in [-0.2, 0) is 0 Å². The maximum atomic E-state index is 6.52. The fourth-order valence-corrected chi connectivity index (χ4v) is 7.74. The summed E-state index contributed by atoms with van der Waals surface area (Å²) in [5.74, 6) is 1.85. The summed E-state index contributed by atoms with van der Waals surface area (Å²) in [5, 5.41) is 9.42. The van der Waals surface area contributed by atoms with Gasteiger partial charge in [0.05, 0.1) is 11.0 Å². The molecule has 11 aromatic rings. The molecule has 242 valence electrons. The Kier molecular flexibility index (Phi) is 6.18. The lowest BCUT2D eigenvalue weighted by Crippen LogP contribution is -2.00. The molecular formula is C47H28N4O. The molecule has 0 atom stereocenters. The molecule has 0 aliphatic rings. The Morgan fingerprint density at radius 1 is 0.365 bits per heavy atom. The van der Waals surface area contributed by atoms with E-state index in [1.54, 1.807) is 0 Å². The first-order chi connectivity index (χ1) is 25.7. The average molecular weight is 665 g/mol. The van der Waals surface area contributed by atoms with Crippen molar-refractivity contribution in [3.05, 3.63) is 170 Å². The quantitative estimate of drug-likeness (QED) is 0.188. The van der Waals surface area contributed by atoms with Gasteiger partial charge < -0.3 is 8.98 Å². The highest BCUT2D eigenvalue weighted by atomic mass is 16.3. The van der Waals surface area contributed by atoms with Crippen LogP contribution in [0, 0.1) is 0 Å². The van der Waals surface area contributed by atoms with Crippen LogP contribution in [0.1, 0.15) is 0 Å². The van der Waals surface area contributed by atoms with Crippen LogP contribution in [0.15, 0.2) is 174 Å². The van der Waals surface area contributed by atoms with E-state index in [1.807, 2.05) is 30.3 Å². The van der Waals surface area contributed by atoms with E-state index in [9.17, 15) is 0 Å². The zero-order valence-corrected chi connectivity index (χ0v) is 27.9. The highest BCUT2D eigenvalue weighted by Crippen LogP contribution is 2.39. The molecule has 5 nitrogen and oxygen atoms in total. The van der Waals surface area contributed by atoms with Crippen LogP contribution < -0.4 is 0 Å². The van der Waals surface area contributed by atoms with Crippen molar-refractivity contribution >= 4 is 65.3 Å². The van der Waals surface area contributed by atoms with Gasteiger partial charge >= 0.3 is 0 Å². The Hall–Kier alpha value is -7.11. The van der Waals surface area contributed by atoms with E-state index in [4.69, 9.17) is 19.4 Å². The van der Waals surface area contributed by atoms with Gasteiger partial charge in [0.25, 0.3) is 0 Å². The molecule has 0 saturated carbocycles. The van der Waals surface area contributed by atoms with Crippen molar-refractivity contribution in [3.8, 4) is 39.9 Å². The van der Waals surface area contributed by atoms with Crippen LogP contribution in [-0.4, -0.2) is 19.5 Å². The number of nitrogens with zero attached hydrogens (tertiary/aromatic N) is 4. The van der Waals surface area contributed by atoms with Crippen LogP contribution in [0.5, 0.6) is 0 Å². The highest BCUT2D eigenvalue weighted by molar-refractivity contribution is 6.21. The van der Waals surface area contributed by atoms with Crippen LogP contribution >= 0.6 is 0 Å². The van der Waals surface area contributed by atoms with Gasteiger partial charge in [-0.25, -0.2) is 15.0 Å². The summed E-state index contributed by atoms with van der Waals surface area (Å²) in [6, 6.07) is 59.2. The molecule has 0 fully saturated rings. The van der Waals surface area contributed by atoms with Gasteiger partial charge in [-0.05, 0) is 70.1 Å². The number of furan rings is 1. The molecule has 0 radical (unpaired) electrons. The third kappa shape index (κ3) is 4.46. The molecule has 0 amide bonds. The van der Waals surface area contributed by atoms with Crippen LogP contribution in [0.25, 0.3) is 105 Å². The van der Waals surface area contributed by atoms with E-state index in [0.29, 0.717) is 17.5 Å². The van der Waals surface area contributed by atoms with Crippen molar-refractivity contribution in [2.24, 2.45) is 0 Å². The number of hydrogen-bond donors (Lipinski definition) is 0. The molecule has 0 unspecified atom stereocenters. The van der Waals surface area contributed by atoms with E-state index < -0.39 is 0 Å². The van der Waals surface area contributed by atoms with E-state index in [2.05, 4.69) is 144 Å². The molecule has 0 bridgehead atoms. The summed E-state index contributed by atoms with van der Waals surface area (Å²) in [5.41, 5.74) is 7.80. The summed E-state index contributed by atoms with van der Waals surface area (Å²) < 4.78 is 8.89. The van der Waals surface area contributed by atoms with Gasteiger partial charge in [-0.3, -0.25) is 0 Å². The minimum absolute atomic E-state index is 0.595. The monoisotopic (exact) mass is 664 g/mol. The van der Waals surface area contributed by atoms with Crippen molar-refractivity contribution in [2.45, 2.75) is 0 Å². The van der Waals surface area contributed by atoms with E-state index in [-0.39, 0.29) is 0 Å². The Morgan fingerprint density at radius 3 is 1.87 bits per heavy atom.